The lowest BCUT2D eigenvalue weighted by Gasteiger charge is -2.65. The van der Waals surface area contributed by atoms with E-state index in [4.69, 9.17) is 9.47 Å². The van der Waals surface area contributed by atoms with E-state index in [0.29, 0.717) is 19.4 Å². The number of likely N-dealkylation sites (tertiary alicyclic amines) is 1. The van der Waals surface area contributed by atoms with Gasteiger partial charge in [-0.05, 0) is 98.9 Å². The van der Waals surface area contributed by atoms with Crippen LogP contribution in [0.15, 0.2) is 66.7 Å². The molecule has 1 spiro atoms. The molecule has 2 heterocycles. The molecule has 47 heavy (non-hydrogen) atoms. The number of aryl methyl sites for hydroxylation is 2. The van der Waals surface area contributed by atoms with Gasteiger partial charge < -0.3 is 14.4 Å². The Morgan fingerprint density at radius 3 is 2.60 bits per heavy atom. The van der Waals surface area contributed by atoms with Crippen LogP contribution in [-0.2, 0) is 32.6 Å². The molecule has 5 atom stereocenters. The predicted molar refractivity (Wildman–Crippen MR) is 183 cm³/mol. The van der Waals surface area contributed by atoms with Gasteiger partial charge in [-0.3, -0.25) is 14.5 Å². The maximum Gasteiger partial charge on any atom is 0.303 e. The van der Waals surface area contributed by atoms with Gasteiger partial charge in [-0.25, -0.2) is 0 Å². The summed E-state index contributed by atoms with van der Waals surface area (Å²) in [6.07, 6.45) is 3.56. The molecule has 6 nitrogen and oxygen atoms in total. The monoisotopic (exact) mass is 630 g/mol. The zero-order valence-corrected chi connectivity index (χ0v) is 28.3. The Labute approximate surface area is 279 Å². The first-order valence-corrected chi connectivity index (χ1v) is 17.3. The minimum absolute atomic E-state index is 0.0237. The van der Waals surface area contributed by atoms with Crippen molar-refractivity contribution in [3.8, 4) is 17.6 Å². The Kier molecular flexibility index (Phi) is 8.17. The van der Waals surface area contributed by atoms with E-state index in [-0.39, 0.29) is 36.0 Å². The lowest BCUT2D eigenvalue weighted by Crippen LogP contribution is -2.79. The number of carbonyl (C=O) groups excluding carboxylic acids is 2. The summed E-state index contributed by atoms with van der Waals surface area (Å²) in [7, 11) is 0. The molecule has 2 bridgehead atoms. The molecule has 6 heteroatoms. The fourth-order valence-corrected chi connectivity index (χ4v) is 9.29. The standard InChI is InChI=1S/C41H46N2O4/c1-27(2)26-43(37(45)17-16-32-15-14-28(3)29(4)24-32)34-18-20-41(47-30(5)44)36-25-33-12-9-13-35-38(33)40(41,39(34)46-35)21-23-42(36)22-19-31-10-7-6-8-11-31/h6-15,24,27,34,36,39H,18-23,25-26H2,1-5H3/t34-,36-,39+,40+,41-/m1/s1. The van der Waals surface area contributed by atoms with Gasteiger partial charge in [-0.15, -0.1) is 0 Å². The maximum absolute atomic E-state index is 14.1. The summed E-state index contributed by atoms with van der Waals surface area (Å²) in [5, 5.41) is 0. The molecule has 4 aliphatic rings. The van der Waals surface area contributed by atoms with Crippen molar-refractivity contribution in [3.63, 3.8) is 0 Å². The highest BCUT2D eigenvalue weighted by molar-refractivity contribution is 5.94. The van der Waals surface area contributed by atoms with Gasteiger partial charge in [0, 0.05) is 37.1 Å². The van der Waals surface area contributed by atoms with E-state index >= 15 is 0 Å². The quantitative estimate of drug-likeness (QED) is 0.231. The SMILES string of the molecule is CC(=O)O[C@@]12CC[C@@H](N(CC(C)C)C(=O)C#Cc3ccc(C)c(C)c3)[C@@H]3Oc4cccc5c4[C@@]31CCN(CCc1ccccc1)[C@@H]2C5. The molecule has 1 amide bonds. The number of piperidine rings is 1. The molecule has 7 rings (SSSR count). The Balaban J connectivity index is 1.28. The van der Waals surface area contributed by atoms with Crippen molar-refractivity contribution in [2.75, 3.05) is 19.6 Å². The van der Waals surface area contributed by atoms with Crippen LogP contribution in [0.25, 0.3) is 0 Å². The molecule has 0 N–H and O–H groups in total. The average Bonchev–Trinajstić information content (AvgIpc) is 3.39. The first-order chi connectivity index (χ1) is 22.6. The molecular formula is C41H46N2O4. The normalized spacial score (nSPS) is 26.9. The lowest BCUT2D eigenvalue weighted by molar-refractivity contribution is -0.224. The molecule has 244 valence electrons. The fourth-order valence-electron chi connectivity index (χ4n) is 9.29. The second-order valence-electron chi connectivity index (χ2n) is 14.5. The Morgan fingerprint density at radius 2 is 1.85 bits per heavy atom. The van der Waals surface area contributed by atoms with Crippen LogP contribution < -0.4 is 4.74 Å². The van der Waals surface area contributed by atoms with Crippen molar-refractivity contribution in [1.82, 2.24) is 9.80 Å². The third-order valence-corrected chi connectivity index (χ3v) is 11.3. The summed E-state index contributed by atoms with van der Waals surface area (Å²) < 4.78 is 13.7. The lowest BCUT2D eigenvalue weighted by atomic mass is 9.48. The van der Waals surface area contributed by atoms with Crippen LogP contribution in [0.4, 0.5) is 0 Å². The number of benzene rings is 3. The zero-order valence-electron chi connectivity index (χ0n) is 28.3. The number of carbonyl (C=O) groups is 2. The van der Waals surface area contributed by atoms with Crippen molar-refractivity contribution in [1.29, 1.82) is 0 Å². The molecular weight excluding hydrogens is 584 g/mol. The molecule has 1 saturated carbocycles. The number of amides is 1. The molecule has 0 unspecified atom stereocenters. The smallest absolute Gasteiger partial charge is 0.303 e. The van der Waals surface area contributed by atoms with Crippen LogP contribution in [0.1, 0.15) is 73.4 Å². The second-order valence-corrected chi connectivity index (χ2v) is 14.5. The largest absolute Gasteiger partial charge is 0.487 e. The first kappa shape index (κ1) is 31.5. The summed E-state index contributed by atoms with van der Waals surface area (Å²) >= 11 is 0. The summed E-state index contributed by atoms with van der Waals surface area (Å²) in [5.74, 6) is 6.87. The van der Waals surface area contributed by atoms with E-state index < -0.39 is 11.0 Å². The highest BCUT2D eigenvalue weighted by Crippen LogP contribution is 2.65. The first-order valence-electron chi connectivity index (χ1n) is 17.3. The molecule has 3 aromatic carbocycles. The molecule has 2 fully saturated rings. The molecule has 0 radical (unpaired) electrons. The number of rotatable bonds is 7. The van der Waals surface area contributed by atoms with Gasteiger partial charge in [-0.2, -0.15) is 0 Å². The Hall–Kier alpha value is -4.08. The van der Waals surface area contributed by atoms with Gasteiger partial charge in [0.15, 0.2) is 0 Å². The highest BCUT2D eigenvalue weighted by Gasteiger charge is 2.75. The minimum Gasteiger partial charge on any atom is -0.487 e. The minimum atomic E-state index is -0.744. The van der Waals surface area contributed by atoms with Crippen LogP contribution in [-0.4, -0.2) is 65.1 Å². The molecule has 2 aliphatic carbocycles. The summed E-state index contributed by atoms with van der Waals surface area (Å²) in [5.41, 5.74) is 5.70. The van der Waals surface area contributed by atoms with Crippen molar-refractivity contribution in [3.05, 3.63) is 100 Å². The van der Waals surface area contributed by atoms with Crippen LogP contribution in [0.5, 0.6) is 5.75 Å². The molecule has 2 aliphatic heterocycles. The Morgan fingerprint density at radius 1 is 1.04 bits per heavy atom. The highest BCUT2D eigenvalue weighted by atomic mass is 16.6. The van der Waals surface area contributed by atoms with E-state index in [2.05, 4.69) is 99.0 Å². The zero-order chi connectivity index (χ0) is 32.9. The Bertz CT molecular complexity index is 1760. The van der Waals surface area contributed by atoms with E-state index in [1.54, 1.807) is 6.92 Å². The number of hydrogen-bond acceptors (Lipinski definition) is 5. The van der Waals surface area contributed by atoms with Crippen molar-refractivity contribution in [2.45, 2.75) is 95.9 Å². The summed E-state index contributed by atoms with van der Waals surface area (Å²) in [4.78, 5) is 31.8. The van der Waals surface area contributed by atoms with Gasteiger partial charge in [0.05, 0.1) is 17.5 Å². The van der Waals surface area contributed by atoms with Gasteiger partial charge >= 0.3 is 5.97 Å². The third-order valence-electron chi connectivity index (χ3n) is 11.3. The number of esters is 1. The second kappa shape index (κ2) is 12.2. The van der Waals surface area contributed by atoms with E-state index in [0.717, 1.165) is 49.2 Å². The van der Waals surface area contributed by atoms with E-state index in [9.17, 15) is 9.59 Å². The molecule has 1 saturated heterocycles. The van der Waals surface area contributed by atoms with Gasteiger partial charge in [-0.1, -0.05) is 68.3 Å². The number of hydrogen-bond donors (Lipinski definition) is 0. The van der Waals surface area contributed by atoms with E-state index in [1.807, 2.05) is 17.0 Å². The molecule has 3 aromatic rings. The van der Waals surface area contributed by atoms with Crippen molar-refractivity contribution in [2.24, 2.45) is 5.92 Å². The van der Waals surface area contributed by atoms with Gasteiger partial charge in [0.25, 0.3) is 5.91 Å². The number of nitrogens with zero attached hydrogens (tertiary/aromatic N) is 2. The summed E-state index contributed by atoms with van der Waals surface area (Å²) in [6.45, 7) is 12.3. The van der Waals surface area contributed by atoms with Crippen LogP contribution in [0.3, 0.4) is 0 Å². The number of ether oxygens (including phenoxy) is 2. The van der Waals surface area contributed by atoms with Gasteiger partial charge in [0.2, 0.25) is 0 Å². The third kappa shape index (κ3) is 5.24. The topological polar surface area (TPSA) is 59.1 Å². The molecule has 0 aromatic heterocycles. The van der Waals surface area contributed by atoms with Gasteiger partial charge in [0.1, 0.15) is 17.5 Å². The van der Waals surface area contributed by atoms with Crippen molar-refractivity contribution >= 4 is 11.9 Å². The summed E-state index contributed by atoms with van der Waals surface area (Å²) in [6, 6.07) is 22.9. The van der Waals surface area contributed by atoms with Crippen LogP contribution >= 0.6 is 0 Å². The van der Waals surface area contributed by atoms with Crippen molar-refractivity contribution < 1.29 is 19.1 Å². The fraction of sp³-hybridized carbons (Fsp3) is 0.463. The average molecular weight is 631 g/mol. The maximum atomic E-state index is 14.1. The van der Waals surface area contributed by atoms with Crippen LogP contribution in [0.2, 0.25) is 0 Å². The van der Waals surface area contributed by atoms with E-state index in [1.165, 1.54) is 22.3 Å². The van der Waals surface area contributed by atoms with Crippen LogP contribution in [0, 0.1) is 31.6 Å². The predicted octanol–water partition coefficient (Wildman–Crippen LogP) is 6.18.